The van der Waals surface area contributed by atoms with E-state index in [0.717, 1.165) is 28.8 Å². The van der Waals surface area contributed by atoms with Crippen molar-refractivity contribution in [2.75, 3.05) is 6.54 Å². The molecule has 0 radical (unpaired) electrons. The van der Waals surface area contributed by atoms with E-state index >= 15 is 0 Å². The van der Waals surface area contributed by atoms with Crippen LogP contribution in [0.2, 0.25) is 0 Å². The van der Waals surface area contributed by atoms with Crippen LogP contribution in [-0.2, 0) is 11.0 Å². The maximum Gasteiger partial charge on any atom is 0.416 e. The van der Waals surface area contributed by atoms with E-state index in [1.807, 2.05) is 0 Å². The number of thioether (sulfide) groups is 1. The Balaban J connectivity index is 2.23. The van der Waals surface area contributed by atoms with E-state index in [9.17, 15) is 22.8 Å². The molecule has 110 valence electrons. The maximum atomic E-state index is 12.4. The summed E-state index contributed by atoms with van der Waals surface area (Å²) in [7, 11) is 0. The van der Waals surface area contributed by atoms with Gasteiger partial charge >= 0.3 is 6.18 Å². The number of nitrogens with zero attached hydrogens (tertiary/aromatic N) is 1. The molecule has 21 heavy (non-hydrogen) atoms. The second kappa shape index (κ2) is 5.77. The van der Waals surface area contributed by atoms with Gasteiger partial charge in [0.25, 0.3) is 11.1 Å². The summed E-state index contributed by atoms with van der Waals surface area (Å²) in [6.07, 6.45) is -1.58. The fourth-order valence-corrected chi connectivity index (χ4v) is 2.55. The number of halogens is 3. The number of carbonyl (C=O) groups excluding carboxylic acids is 2. The lowest BCUT2D eigenvalue weighted by molar-refractivity contribution is -0.137. The average Bonchev–Trinajstić information content (AvgIpc) is 2.66. The highest BCUT2D eigenvalue weighted by atomic mass is 32.2. The summed E-state index contributed by atoms with van der Waals surface area (Å²) in [5.74, 6) is -0.468. The lowest BCUT2D eigenvalue weighted by Crippen LogP contribution is -2.27. The zero-order chi connectivity index (χ0) is 15.6. The van der Waals surface area contributed by atoms with E-state index in [0.29, 0.717) is 5.56 Å². The molecule has 0 aliphatic carbocycles. The van der Waals surface area contributed by atoms with Crippen molar-refractivity contribution in [3.63, 3.8) is 0 Å². The predicted octanol–water partition coefficient (Wildman–Crippen LogP) is 3.93. The number of carbonyl (C=O) groups is 2. The first-order chi connectivity index (χ1) is 9.82. The quantitative estimate of drug-likeness (QED) is 0.627. The van der Waals surface area contributed by atoms with Crippen LogP contribution in [0.1, 0.15) is 11.1 Å². The molecule has 1 aromatic rings. The van der Waals surface area contributed by atoms with E-state index in [2.05, 4.69) is 6.58 Å². The monoisotopic (exact) mass is 313 g/mol. The van der Waals surface area contributed by atoms with Crippen molar-refractivity contribution in [1.82, 2.24) is 4.90 Å². The van der Waals surface area contributed by atoms with Gasteiger partial charge in [0.15, 0.2) is 0 Å². The van der Waals surface area contributed by atoms with E-state index in [4.69, 9.17) is 0 Å². The molecule has 3 nitrogen and oxygen atoms in total. The molecule has 1 heterocycles. The summed E-state index contributed by atoms with van der Waals surface area (Å²) in [5, 5.41) is -0.418. The second-order valence-corrected chi connectivity index (χ2v) is 5.19. The van der Waals surface area contributed by atoms with Crippen LogP contribution < -0.4 is 0 Å². The summed E-state index contributed by atoms with van der Waals surface area (Å²) < 4.78 is 37.3. The maximum absolute atomic E-state index is 12.4. The van der Waals surface area contributed by atoms with Crippen molar-refractivity contribution < 1.29 is 22.8 Å². The molecule has 1 aromatic carbocycles. The number of rotatable bonds is 3. The zero-order valence-electron chi connectivity index (χ0n) is 10.7. The highest BCUT2D eigenvalue weighted by molar-refractivity contribution is 8.18. The normalized spacial score (nSPS) is 17.7. The lowest BCUT2D eigenvalue weighted by atomic mass is 10.1. The van der Waals surface area contributed by atoms with Crippen LogP contribution in [0.15, 0.2) is 41.8 Å². The second-order valence-electron chi connectivity index (χ2n) is 4.20. The molecule has 1 aliphatic rings. The summed E-state index contributed by atoms with van der Waals surface area (Å²) >= 11 is 0.755. The van der Waals surface area contributed by atoms with E-state index in [1.165, 1.54) is 24.3 Å². The van der Waals surface area contributed by atoms with Crippen LogP contribution >= 0.6 is 11.8 Å². The average molecular weight is 313 g/mol. The third-order valence-corrected chi connectivity index (χ3v) is 3.63. The standard InChI is InChI=1S/C14H10F3NO2S/c1-2-7-18-12(19)11(21-13(18)20)8-9-3-5-10(6-4-9)14(15,16)17/h2-6,8H,1,7H2/b11-8+. The Morgan fingerprint density at radius 1 is 1.19 bits per heavy atom. The summed E-state index contributed by atoms with van der Waals surface area (Å²) in [6.45, 7) is 3.56. The Morgan fingerprint density at radius 3 is 2.33 bits per heavy atom. The minimum atomic E-state index is -4.40. The van der Waals surface area contributed by atoms with Crippen molar-refractivity contribution in [3.8, 4) is 0 Å². The molecule has 1 aliphatic heterocycles. The molecule has 0 unspecified atom stereocenters. The number of hydrogen-bond donors (Lipinski definition) is 0. The van der Waals surface area contributed by atoms with Crippen LogP contribution in [0.5, 0.6) is 0 Å². The third-order valence-electron chi connectivity index (χ3n) is 2.72. The van der Waals surface area contributed by atoms with Crippen LogP contribution in [0.3, 0.4) is 0 Å². The number of amides is 2. The van der Waals surface area contributed by atoms with Crippen molar-refractivity contribution in [1.29, 1.82) is 0 Å². The van der Waals surface area contributed by atoms with Crippen LogP contribution in [-0.4, -0.2) is 22.6 Å². The molecule has 2 amide bonds. The number of alkyl halides is 3. The SMILES string of the molecule is C=CCN1C(=O)S/C(=C/c2ccc(C(F)(F)F)cc2)C1=O. The Hall–Kier alpha value is -2.02. The first-order valence-corrected chi connectivity index (χ1v) is 6.68. The van der Waals surface area contributed by atoms with Gasteiger partial charge in [-0.25, -0.2) is 0 Å². The van der Waals surface area contributed by atoms with Crippen LogP contribution in [0.4, 0.5) is 18.0 Å². The number of imide groups is 1. The van der Waals surface area contributed by atoms with Gasteiger partial charge in [-0.05, 0) is 35.5 Å². The lowest BCUT2D eigenvalue weighted by Gasteiger charge is -2.08. The first-order valence-electron chi connectivity index (χ1n) is 5.86. The van der Waals surface area contributed by atoms with Crippen molar-refractivity contribution in [2.45, 2.75) is 6.18 Å². The third kappa shape index (κ3) is 3.36. The number of hydrogen-bond acceptors (Lipinski definition) is 3. The molecular weight excluding hydrogens is 303 g/mol. The highest BCUT2D eigenvalue weighted by Crippen LogP contribution is 2.33. The Bertz CT molecular complexity index is 620. The van der Waals surface area contributed by atoms with Gasteiger partial charge in [-0.1, -0.05) is 18.2 Å². The fourth-order valence-electron chi connectivity index (χ4n) is 1.71. The smallest absolute Gasteiger partial charge is 0.268 e. The molecule has 0 spiro atoms. The van der Waals surface area contributed by atoms with Gasteiger partial charge in [0.05, 0.1) is 10.5 Å². The molecule has 1 saturated heterocycles. The molecule has 7 heteroatoms. The van der Waals surface area contributed by atoms with Gasteiger partial charge in [0, 0.05) is 6.54 Å². The fraction of sp³-hybridized carbons (Fsp3) is 0.143. The van der Waals surface area contributed by atoms with Gasteiger partial charge < -0.3 is 0 Å². The largest absolute Gasteiger partial charge is 0.416 e. The first kappa shape index (κ1) is 15.4. The van der Waals surface area contributed by atoms with E-state index < -0.39 is 22.9 Å². The van der Waals surface area contributed by atoms with Gasteiger partial charge in [-0.2, -0.15) is 13.2 Å². The van der Waals surface area contributed by atoms with E-state index in [-0.39, 0.29) is 11.4 Å². The zero-order valence-corrected chi connectivity index (χ0v) is 11.5. The summed E-state index contributed by atoms with van der Waals surface area (Å²) in [6, 6.07) is 4.37. The molecular formula is C14H10F3NO2S. The minimum Gasteiger partial charge on any atom is -0.268 e. The van der Waals surface area contributed by atoms with Gasteiger partial charge in [0.2, 0.25) is 0 Å². The van der Waals surface area contributed by atoms with Crippen LogP contribution in [0, 0.1) is 0 Å². The molecule has 0 bridgehead atoms. The van der Waals surface area contributed by atoms with E-state index in [1.54, 1.807) is 0 Å². The minimum absolute atomic E-state index is 0.106. The highest BCUT2D eigenvalue weighted by Gasteiger charge is 2.34. The molecule has 0 aromatic heterocycles. The van der Waals surface area contributed by atoms with Gasteiger partial charge in [-0.3, -0.25) is 14.5 Å². The van der Waals surface area contributed by atoms with Gasteiger partial charge in [0.1, 0.15) is 0 Å². The van der Waals surface area contributed by atoms with Crippen molar-refractivity contribution >= 4 is 29.0 Å². The summed E-state index contributed by atoms with van der Waals surface area (Å²) in [4.78, 5) is 24.7. The molecule has 2 rings (SSSR count). The number of benzene rings is 1. The Morgan fingerprint density at radius 2 is 1.81 bits per heavy atom. The summed E-state index contributed by atoms with van der Waals surface area (Å²) in [5.41, 5.74) is -0.341. The van der Waals surface area contributed by atoms with Gasteiger partial charge in [-0.15, -0.1) is 6.58 Å². The van der Waals surface area contributed by atoms with Crippen LogP contribution in [0.25, 0.3) is 6.08 Å². The Labute approximate surface area is 123 Å². The molecule has 0 N–H and O–H groups in total. The van der Waals surface area contributed by atoms with Crippen molar-refractivity contribution in [3.05, 3.63) is 53.0 Å². The van der Waals surface area contributed by atoms with Crippen molar-refractivity contribution in [2.24, 2.45) is 0 Å². The Kier molecular flexibility index (Phi) is 4.22. The molecule has 0 atom stereocenters. The predicted molar refractivity (Wildman–Crippen MR) is 74.3 cm³/mol. The molecule has 0 saturated carbocycles. The molecule has 1 fully saturated rings. The topological polar surface area (TPSA) is 37.4 Å².